The zero-order valence-electron chi connectivity index (χ0n) is 26.0. The number of aromatic nitrogens is 3. The van der Waals surface area contributed by atoms with Gasteiger partial charge in [0.1, 0.15) is 18.1 Å². The van der Waals surface area contributed by atoms with Crippen LogP contribution in [-0.4, -0.2) is 44.2 Å². The van der Waals surface area contributed by atoms with Crippen LogP contribution in [-0.2, 0) is 17.9 Å². The first-order chi connectivity index (χ1) is 20.7. The van der Waals surface area contributed by atoms with Gasteiger partial charge in [-0.3, -0.25) is 9.36 Å². The van der Waals surface area contributed by atoms with Crippen molar-refractivity contribution in [1.82, 2.24) is 14.3 Å². The molecule has 0 atom stereocenters. The minimum atomic E-state index is -1.34. The third-order valence-electron chi connectivity index (χ3n) is 8.92. The summed E-state index contributed by atoms with van der Waals surface area (Å²) in [5, 5.41) is 16.8. The second-order valence-electron chi connectivity index (χ2n) is 12.8. The molecule has 43 heavy (non-hydrogen) atoms. The maximum atomic E-state index is 13.3. The number of aryl methyl sites for hydroxylation is 1. The maximum absolute atomic E-state index is 13.3. The Morgan fingerprint density at radius 3 is 2.05 bits per heavy atom. The van der Waals surface area contributed by atoms with Gasteiger partial charge in [0.15, 0.2) is 5.60 Å². The largest absolute Gasteiger partial charge is 0.492 e. The van der Waals surface area contributed by atoms with E-state index in [1.54, 1.807) is 24.3 Å². The van der Waals surface area contributed by atoms with Crippen molar-refractivity contribution in [2.45, 2.75) is 122 Å². The number of carbonyl (C=O) groups is 1. The van der Waals surface area contributed by atoms with E-state index in [1.165, 1.54) is 87.3 Å². The van der Waals surface area contributed by atoms with E-state index in [0.717, 1.165) is 31.6 Å². The molecule has 0 radical (unpaired) electrons. The monoisotopic (exact) mass is 598 g/mol. The van der Waals surface area contributed by atoms with E-state index in [-0.39, 0.29) is 23.7 Å². The third-order valence-corrected chi connectivity index (χ3v) is 8.92. The fraction of sp³-hybridized carbons (Fsp3) is 0.697. The first-order valence-corrected chi connectivity index (χ1v) is 16.3. The average Bonchev–Trinajstić information content (AvgIpc) is 3.00. The fourth-order valence-electron chi connectivity index (χ4n) is 6.31. The number of aliphatic carboxylic acids is 1. The number of hydrogen-bond donors (Lipinski definition) is 2. The Bertz CT molecular complexity index is 1270. The van der Waals surface area contributed by atoms with Gasteiger partial charge in [0.05, 0.1) is 6.54 Å². The van der Waals surface area contributed by atoms with Crippen molar-refractivity contribution >= 4 is 11.8 Å². The summed E-state index contributed by atoms with van der Waals surface area (Å²) in [5.41, 5.74) is -2.03. The molecule has 4 rings (SSSR count). The van der Waals surface area contributed by atoms with Crippen LogP contribution in [0.4, 0.5) is 5.82 Å². The molecule has 10 nitrogen and oxygen atoms in total. The number of carboxylic acid groups (broad SMARTS) is 1. The molecule has 238 valence electrons. The molecular weight excluding hydrogens is 548 g/mol. The highest BCUT2D eigenvalue weighted by atomic mass is 16.5. The normalized spacial score (nSPS) is 16.6. The molecular formula is C33H50N4O6. The Labute approximate surface area is 254 Å². The van der Waals surface area contributed by atoms with Crippen molar-refractivity contribution in [1.29, 1.82) is 0 Å². The highest BCUT2D eigenvalue weighted by Crippen LogP contribution is 2.28. The highest BCUT2D eigenvalue weighted by Gasteiger charge is 2.29. The van der Waals surface area contributed by atoms with E-state index in [4.69, 9.17) is 9.47 Å². The molecule has 0 unspecified atom stereocenters. The summed E-state index contributed by atoms with van der Waals surface area (Å²) in [6.45, 7) is 4.50. The number of nitrogens with one attached hydrogen (secondary N) is 1. The molecule has 1 aromatic heterocycles. The van der Waals surface area contributed by atoms with Gasteiger partial charge < -0.3 is 19.9 Å². The SMILES string of the molecule is CC(C)(Oc1ccc(OCCNc2nn(CCCC3CCCCC3)c(=O)n(CCCC3CCCCC3)c2=O)cc1)C(=O)O. The van der Waals surface area contributed by atoms with Crippen LogP contribution < -0.4 is 26.0 Å². The lowest BCUT2D eigenvalue weighted by molar-refractivity contribution is -0.152. The van der Waals surface area contributed by atoms with Crippen LogP contribution in [0.15, 0.2) is 33.9 Å². The molecule has 0 aliphatic heterocycles. The summed E-state index contributed by atoms with van der Waals surface area (Å²) >= 11 is 0. The Morgan fingerprint density at radius 1 is 0.907 bits per heavy atom. The predicted molar refractivity (Wildman–Crippen MR) is 167 cm³/mol. The van der Waals surface area contributed by atoms with Gasteiger partial charge in [-0.1, -0.05) is 64.2 Å². The topological polar surface area (TPSA) is 125 Å². The number of anilines is 1. The molecule has 0 saturated heterocycles. The van der Waals surface area contributed by atoms with Crippen LogP contribution in [0.25, 0.3) is 0 Å². The predicted octanol–water partition coefficient (Wildman–Crippen LogP) is 5.86. The first kappa shape index (κ1) is 32.6. The number of carboxylic acids is 1. The molecule has 2 saturated carbocycles. The van der Waals surface area contributed by atoms with Crippen LogP contribution >= 0.6 is 0 Å². The van der Waals surface area contributed by atoms with E-state index in [2.05, 4.69) is 10.4 Å². The smallest absolute Gasteiger partial charge is 0.347 e. The van der Waals surface area contributed by atoms with Gasteiger partial charge in [0.2, 0.25) is 5.82 Å². The number of nitrogens with zero attached hydrogens (tertiary/aromatic N) is 3. The van der Waals surface area contributed by atoms with E-state index in [0.29, 0.717) is 37.1 Å². The summed E-state index contributed by atoms with van der Waals surface area (Å²) in [6.07, 6.45) is 16.7. The molecule has 1 aromatic carbocycles. The number of ether oxygens (including phenoxy) is 2. The van der Waals surface area contributed by atoms with Crippen LogP contribution in [0.1, 0.15) is 104 Å². The summed E-state index contributed by atoms with van der Waals surface area (Å²) in [5.74, 6) is 1.57. The van der Waals surface area contributed by atoms with Crippen molar-refractivity contribution in [2.75, 3.05) is 18.5 Å². The van der Waals surface area contributed by atoms with E-state index < -0.39 is 11.6 Å². The standard InChI is InChI=1S/C33H50N4O6/c1-33(2,31(39)40)43-28-19-17-27(18-20-28)42-24-21-34-29-30(38)36(22-9-15-25-11-5-3-6-12-25)32(41)37(35-29)23-10-16-26-13-7-4-8-14-26/h17-20,25-26H,3-16,21-24H2,1-2H3,(H,34,35)(H,39,40). The van der Waals surface area contributed by atoms with Gasteiger partial charge in [-0.15, -0.1) is 5.10 Å². The van der Waals surface area contributed by atoms with Gasteiger partial charge in [0, 0.05) is 13.1 Å². The Balaban J connectivity index is 1.35. The van der Waals surface area contributed by atoms with Crippen molar-refractivity contribution in [2.24, 2.45) is 11.8 Å². The number of hydrogen-bond acceptors (Lipinski definition) is 7. The molecule has 2 fully saturated rings. The van der Waals surface area contributed by atoms with Crippen LogP contribution in [0, 0.1) is 11.8 Å². The van der Waals surface area contributed by atoms with Gasteiger partial charge in [-0.25, -0.2) is 14.3 Å². The number of benzene rings is 1. The van der Waals surface area contributed by atoms with Crippen molar-refractivity contribution in [3.63, 3.8) is 0 Å². The summed E-state index contributed by atoms with van der Waals surface area (Å²) in [7, 11) is 0. The maximum Gasteiger partial charge on any atom is 0.347 e. The molecule has 0 bridgehead atoms. The lowest BCUT2D eigenvalue weighted by Gasteiger charge is -2.22. The number of rotatable bonds is 16. The molecule has 0 spiro atoms. The second-order valence-corrected chi connectivity index (χ2v) is 12.8. The molecule has 2 N–H and O–H groups in total. The van der Waals surface area contributed by atoms with E-state index in [9.17, 15) is 19.5 Å². The fourth-order valence-corrected chi connectivity index (χ4v) is 6.31. The quantitative estimate of drug-likeness (QED) is 0.230. The molecule has 2 aromatic rings. The summed E-state index contributed by atoms with van der Waals surface area (Å²) in [4.78, 5) is 38.0. The summed E-state index contributed by atoms with van der Waals surface area (Å²) < 4.78 is 14.2. The van der Waals surface area contributed by atoms with Gasteiger partial charge >= 0.3 is 11.7 Å². The van der Waals surface area contributed by atoms with E-state index >= 15 is 0 Å². The van der Waals surface area contributed by atoms with Gasteiger partial charge in [-0.2, -0.15) is 0 Å². The van der Waals surface area contributed by atoms with Crippen LogP contribution in [0.2, 0.25) is 0 Å². The lowest BCUT2D eigenvalue weighted by Crippen LogP contribution is -2.43. The average molecular weight is 599 g/mol. The van der Waals surface area contributed by atoms with E-state index in [1.807, 2.05) is 0 Å². The molecule has 0 amide bonds. The minimum absolute atomic E-state index is 0.179. The minimum Gasteiger partial charge on any atom is -0.492 e. The van der Waals surface area contributed by atoms with Crippen LogP contribution in [0.3, 0.4) is 0 Å². The molecule has 10 heteroatoms. The lowest BCUT2D eigenvalue weighted by atomic mass is 9.86. The molecule has 1 heterocycles. The Kier molecular flexibility index (Phi) is 12.1. The molecule has 2 aliphatic carbocycles. The highest BCUT2D eigenvalue weighted by molar-refractivity contribution is 5.76. The van der Waals surface area contributed by atoms with Crippen molar-refractivity contribution in [3.05, 3.63) is 45.1 Å². The zero-order chi connectivity index (χ0) is 30.7. The Hall–Kier alpha value is -3.30. The van der Waals surface area contributed by atoms with Gasteiger partial charge in [0.25, 0.3) is 5.56 Å². The van der Waals surface area contributed by atoms with Gasteiger partial charge in [-0.05, 0) is 75.6 Å². The second kappa shape index (κ2) is 16.0. The zero-order valence-corrected chi connectivity index (χ0v) is 26.0. The van der Waals surface area contributed by atoms with Crippen LogP contribution in [0.5, 0.6) is 11.5 Å². The van der Waals surface area contributed by atoms with Crippen molar-refractivity contribution < 1.29 is 19.4 Å². The molecule has 2 aliphatic rings. The summed E-state index contributed by atoms with van der Waals surface area (Å²) in [6, 6.07) is 6.73. The Morgan fingerprint density at radius 2 is 1.47 bits per heavy atom. The van der Waals surface area contributed by atoms with Crippen molar-refractivity contribution in [3.8, 4) is 11.5 Å². The first-order valence-electron chi connectivity index (χ1n) is 16.3. The third kappa shape index (κ3) is 9.86.